The summed E-state index contributed by atoms with van der Waals surface area (Å²) in [6, 6.07) is 5.96. The highest BCUT2D eigenvalue weighted by molar-refractivity contribution is 5.91. The maximum atomic E-state index is 14.8. The summed E-state index contributed by atoms with van der Waals surface area (Å²) in [5.74, 6) is -38.3. The molecular formula is C28H15F13N4O. The van der Waals surface area contributed by atoms with Crippen LogP contribution >= 0.6 is 0 Å². The normalized spacial score (nSPS) is 18.5. The van der Waals surface area contributed by atoms with E-state index in [0.717, 1.165) is 0 Å². The van der Waals surface area contributed by atoms with Gasteiger partial charge >= 0.3 is 35.8 Å². The van der Waals surface area contributed by atoms with Gasteiger partial charge in [0.15, 0.2) is 11.3 Å². The summed E-state index contributed by atoms with van der Waals surface area (Å²) in [7, 11) is 0. The molecule has 0 N–H and O–H groups in total. The van der Waals surface area contributed by atoms with Crippen LogP contribution in [0.15, 0.2) is 69.6 Å². The summed E-state index contributed by atoms with van der Waals surface area (Å²) in [4.78, 5) is 3.84. The van der Waals surface area contributed by atoms with E-state index in [9.17, 15) is 72.9 Å². The van der Waals surface area contributed by atoms with Gasteiger partial charge in [-0.05, 0) is 36.6 Å². The van der Waals surface area contributed by atoms with Crippen LogP contribution in [0.2, 0.25) is 0 Å². The van der Waals surface area contributed by atoms with Gasteiger partial charge in [-0.15, -0.1) is 0 Å². The van der Waals surface area contributed by atoms with Crippen LogP contribution in [0.1, 0.15) is 31.4 Å². The molecule has 0 bridgehead atoms. The molecule has 244 valence electrons. The summed E-state index contributed by atoms with van der Waals surface area (Å²) in [5.41, 5.74) is -4.91. The fourth-order valence-corrected chi connectivity index (χ4v) is 4.49. The molecule has 0 aromatic heterocycles. The summed E-state index contributed by atoms with van der Waals surface area (Å²) in [5, 5.41) is 28.5. The molecule has 0 radical (unpaired) electrons. The first-order chi connectivity index (χ1) is 20.9. The van der Waals surface area contributed by atoms with Gasteiger partial charge in [-0.1, -0.05) is 24.3 Å². The lowest BCUT2D eigenvalue weighted by molar-refractivity contribution is -0.441. The zero-order valence-corrected chi connectivity index (χ0v) is 22.9. The van der Waals surface area contributed by atoms with E-state index in [0.29, 0.717) is 12.1 Å². The number of nitrogens with zero attached hydrogens (tertiary/aromatic N) is 4. The molecule has 0 unspecified atom stereocenters. The van der Waals surface area contributed by atoms with E-state index < -0.39 is 63.9 Å². The zero-order valence-electron chi connectivity index (χ0n) is 22.9. The highest BCUT2D eigenvalue weighted by Gasteiger charge is 2.90. The van der Waals surface area contributed by atoms with Gasteiger partial charge in [0.2, 0.25) is 0 Å². The van der Waals surface area contributed by atoms with Crippen LogP contribution in [-0.4, -0.2) is 41.7 Å². The molecule has 0 atom stereocenters. The number of hydrogen-bond donors (Lipinski definition) is 0. The van der Waals surface area contributed by atoms with E-state index in [1.807, 2.05) is 0 Å². The predicted octanol–water partition coefficient (Wildman–Crippen LogP) is 8.55. The van der Waals surface area contributed by atoms with Crippen molar-refractivity contribution in [3.05, 3.63) is 75.7 Å². The molecule has 0 saturated heterocycles. The Morgan fingerprint density at radius 1 is 0.783 bits per heavy atom. The fourth-order valence-electron chi connectivity index (χ4n) is 4.49. The Bertz CT molecular complexity index is 1690. The minimum atomic E-state index is -8.04. The third-order valence-electron chi connectivity index (χ3n) is 6.82. The average molecular weight is 670 g/mol. The second kappa shape index (κ2) is 11.2. The molecule has 18 heteroatoms. The van der Waals surface area contributed by atoms with E-state index in [1.54, 1.807) is 6.07 Å². The van der Waals surface area contributed by atoms with Gasteiger partial charge in [-0.3, -0.25) is 4.99 Å². The van der Waals surface area contributed by atoms with Crippen LogP contribution in [0.3, 0.4) is 0 Å². The third-order valence-corrected chi connectivity index (χ3v) is 6.82. The van der Waals surface area contributed by atoms with Crippen LogP contribution in [-0.2, 0) is 10.7 Å². The first kappa shape index (κ1) is 35.7. The van der Waals surface area contributed by atoms with Crippen molar-refractivity contribution in [2.45, 2.75) is 61.7 Å². The van der Waals surface area contributed by atoms with Crippen molar-refractivity contribution < 1.29 is 61.8 Å². The number of hydrogen-bond acceptors (Lipinski definition) is 5. The number of ether oxygens (including phenoxy) is 1. The summed E-state index contributed by atoms with van der Waals surface area (Å²) < 4.78 is 183. The first-order valence-corrected chi connectivity index (χ1v) is 12.3. The van der Waals surface area contributed by atoms with Gasteiger partial charge in [0.05, 0.1) is 0 Å². The molecule has 0 spiro atoms. The Morgan fingerprint density at radius 3 is 1.74 bits per heavy atom. The number of rotatable bonds is 7. The number of benzene rings is 1. The monoisotopic (exact) mass is 670 g/mol. The van der Waals surface area contributed by atoms with Crippen molar-refractivity contribution in [2.75, 3.05) is 0 Å². The molecule has 0 saturated carbocycles. The van der Waals surface area contributed by atoms with Crippen molar-refractivity contribution in [1.82, 2.24) is 0 Å². The maximum absolute atomic E-state index is 14.8. The lowest BCUT2D eigenvalue weighted by atomic mass is 9.81. The van der Waals surface area contributed by atoms with Gasteiger partial charge in [0.25, 0.3) is 0 Å². The Morgan fingerprint density at radius 2 is 1.30 bits per heavy atom. The second-order valence-electron chi connectivity index (χ2n) is 10.1. The van der Waals surface area contributed by atoms with Crippen molar-refractivity contribution in [1.29, 1.82) is 15.8 Å². The molecular weight excluding hydrogens is 655 g/mol. The first-order valence-electron chi connectivity index (χ1n) is 12.3. The molecule has 3 rings (SSSR count). The molecule has 46 heavy (non-hydrogen) atoms. The predicted molar refractivity (Wildman–Crippen MR) is 131 cm³/mol. The number of alkyl halides is 13. The minimum Gasteiger partial charge on any atom is -0.480 e. The smallest absolute Gasteiger partial charge is 0.460 e. The molecule has 0 amide bonds. The molecule has 2 aliphatic rings. The molecule has 5 nitrogen and oxygen atoms in total. The molecule has 2 heterocycles. The van der Waals surface area contributed by atoms with Crippen molar-refractivity contribution >= 4 is 11.8 Å². The highest BCUT2D eigenvalue weighted by Crippen LogP contribution is 2.62. The van der Waals surface area contributed by atoms with Crippen LogP contribution < -0.4 is 0 Å². The Balaban J connectivity index is 2.25. The van der Waals surface area contributed by atoms with Crippen molar-refractivity contribution in [3.63, 3.8) is 0 Å². The molecule has 0 aliphatic carbocycles. The molecule has 0 fully saturated rings. The topological polar surface area (TPSA) is 93.0 Å². The van der Waals surface area contributed by atoms with Gasteiger partial charge in [-0.25, -0.2) is 0 Å². The Hall–Kier alpha value is -4.79. The summed E-state index contributed by atoms with van der Waals surface area (Å²) >= 11 is 0. The third kappa shape index (κ3) is 5.17. The van der Waals surface area contributed by atoms with Crippen LogP contribution in [0.4, 0.5) is 57.1 Å². The van der Waals surface area contributed by atoms with Gasteiger partial charge in [-0.2, -0.15) is 72.9 Å². The van der Waals surface area contributed by atoms with Gasteiger partial charge in [0, 0.05) is 30.0 Å². The van der Waals surface area contributed by atoms with Crippen molar-refractivity contribution in [3.8, 4) is 18.2 Å². The van der Waals surface area contributed by atoms with Gasteiger partial charge < -0.3 is 4.74 Å². The van der Waals surface area contributed by atoms with E-state index in [-0.39, 0.29) is 40.8 Å². The minimum absolute atomic E-state index is 0.00269. The number of halogens is 13. The number of aliphatic imine (C=N–C) groups is 1. The standard InChI is InChI=1S/C28H15F13N4O/c1-22(2)20(18(13-44)21(46-22)16(11-42)12-43)19(15-7-9-45-10-8-15)14-3-5-17(6-4-14)23(29,30)24(31,32)25(33,34)26(35,36)27(37,38)28(39,40)41/h3-7,9-10H,8H2,1-2H3. The maximum Gasteiger partial charge on any atom is 0.460 e. The Kier molecular flexibility index (Phi) is 8.71. The Labute approximate surface area is 250 Å². The van der Waals surface area contributed by atoms with E-state index in [4.69, 9.17) is 4.74 Å². The SMILES string of the molecule is CC1(C)OC(=C(C#N)C#N)C(C#N)=C1C(=C1C=CN=CC1)c1ccc(C(F)(F)C(F)(F)C(F)(F)C(F)(F)C(F)(F)C(F)(F)F)cc1. The second-order valence-corrected chi connectivity index (χ2v) is 10.1. The quantitative estimate of drug-likeness (QED) is 0.215. The molecule has 1 aromatic carbocycles. The summed E-state index contributed by atoms with van der Waals surface area (Å²) in [6.07, 6.45) is -3.63. The fraction of sp³-hybridized carbons (Fsp3) is 0.357. The lowest BCUT2D eigenvalue weighted by Crippen LogP contribution is -2.69. The van der Waals surface area contributed by atoms with E-state index in [2.05, 4.69) is 4.99 Å². The number of nitriles is 3. The van der Waals surface area contributed by atoms with Crippen LogP contribution in [0.5, 0.6) is 0 Å². The zero-order chi connectivity index (χ0) is 35.3. The molecule has 1 aromatic rings. The molecule has 2 aliphatic heterocycles. The van der Waals surface area contributed by atoms with Crippen molar-refractivity contribution in [2.24, 2.45) is 4.99 Å². The van der Waals surface area contributed by atoms with E-state index >= 15 is 0 Å². The van der Waals surface area contributed by atoms with Gasteiger partial charge in [0.1, 0.15) is 29.4 Å². The average Bonchev–Trinajstić information content (AvgIpc) is 3.23. The van der Waals surface area contributed by atoms with Crippen LogP contribution in [0.25, 0.3) is 5.57 Å². The largest absolute Gasteiger partial charge is 0.480 e. The number of allylic oxidation sites excluding steroid dienone is 4. The lowest BCUT2D eigenvalue weighted by Gasteiger charge is -2.39. The summed E-state index contributed by atoms with van der Waals surface area (Å²) in [6.45, 7) is 2.73. The highest BCUT2D eigenvalue weighted by atomic mass is 19.4. The van der Waals surface area contributed by atoms with E-state index in [1.165, 1.54) is 44.5 Å². The van der Waals surface area contributed by atoms with Crippen LogP contribution in [0, 0.1) is 34.0 Å².